The molecule has 1 saturated heterocycles. The fourth-order valence-corrected chi connectivity index (χ4v) is 3.50. The molecule has 0 bridgehead atoms. The fraction of sp³-hybridized carbons (Fsp3) is 0.529. The van der Waals surface area contributed by atoms with E-state index in [2.05, 4.69) is 6.07 Å². The van der Waals surface area contributed by atoms with Gasteiger partial charge in [-0.1, -0.05) is 24.3 Å². The predicted octanol–water partition coefficient (Wildman–Crippen LogP) is 2.16. The van der Waals surface area contributed by atoms with E-state index in [0.717, 1.165) is 24.8 Å². The lowest BCUT2D eigenvalue weighted by Gasteiger charge is -2.29. The van der Waals surface area contributed by atoms with E-state index in [4.69, 9.17) is 9.84 Å². The third kappa shape index (κ3) is 3.14. The van der Waals surface area contributed by atoms with E-state index in [1.165, 1.54) is 5.56 Å². The Bertz CT molecular complexity index is 572. The minimum atomic E-state index is -0.844. The number of aliphatic carboxylic acids is 1. The molecule has 1 aromatic carbocycles. The van der Waals surface area contributed by atoms with Crippen LogP contribution in [0.4, 0.5) is 0 Å². The number of rotatable bonds is 4. The Hall–Kier alpha value is -1.88. The molecule has 0 aromatic heterocycles. The molecule has 0 saturated carbocycles. The first-order valence-electron chi connectivity index (χ1n) is 7.86. The number of likely N-dealkylation sites (tertiary alicyclic amines) is 1. The number of carbonyl (C=O) groups excluding carboxylic acids is 1. The summed E-state index contributed by atoms with van der Waals surface area (Å²) in [6.45, 7) is 1.29. The van der Waals surface area contributed by atoms with Crippen LogP contribution in [0.1, 0.15) is 42.9 Å². The van der Waals surface area contributed by atoms with Crippen LogP contribution in [0.5, 0.6) is 0 Å². The smallest absolute Gasteiger partial charge is 0.305 e. The molecule has 1 N–H and O–H groups in total. The molecule has 2 atom stereocenters. The van der Waals surface area contributed by atoms with Crippen LogP contribution in [0.2, 0.25) is 0 Å². The zero-order valence-corrected chi connectivity index (χ0v) is 12.5. The Labute approximate surface area is 129 Å². The topological polar surface area (TPSA) is 66.8 Å². The number of nitrogens with zero attached hydrogens (tertiary/aromatic N) is 1. The molecular formula is C17H21NO4. The van der Waals surface area contributed by atoms with Crippen LogP contribution in [-0.2, 0) is 20.7 Å². The summed E-state index contributed by atoms with van der Waals surface area (Å²) in [5.74, 6) is -0.839. The van der Waals surface area contributed by atoms with Crippen LogP contribution in [0.15, 0.2) is 24.3 Å². The molecule has 5 heteroatoms. The van der Waals surface area contributed by atoms with Crippen LogP contribution >= 0.6 is 0 Å². The van der Waals surface area contributed by atoms with E-state index in [1.807, 2.05) is 18.2 Å². The van der Waals surface area contributed by atoms with Crippen LogP contribution in [0.25, 0.3) is 0 Å². The SMILES string of the molecule is O=C(O)CC1CCCN1C(=O)CC1OCCc2ccccc21. The van der Waals surface area contributed by atoms with E-state index in [-0.39, 0.29) is 24.5 Å². The molecule has 5 nitrogen and oxygen atoms in total. The molecule has 0 spiro atoms. The molecule has 22 heavy (non-hydrogen) atoms. The lowest BCUT2D eigenvalue weighted by molar-refractivity contribution is -0.140. The van der Waals surface area contributed by atoms with Crippen molar-refractivity contribution >= 4 is 11.9 Å². The van der Waals surface area contributed by atoms with Crippen LogP contribution in [0, 0.1) is 0 Å². The third-order valence-corrected chi connectivity index (χ3v) is 4.56. The second-order valence-corrected chi connectivity index (χ2v) is 5.99. The number of carboxylic acids is 1. The van der Waals surface area contributed by atoms with Gasteiger partial charge in [0.1, 0.15) is 0 Å². The van der Waals surface area contributed by atoms with Gasteiger partial charge in [0.15, 0.2) is 0 Å². The Kier molecular flexibility index (Phi) is 4.43. The third-order valence-electron chi connectivity index (χ3n) is 4.56. The van der Waals surface area contributed by atoms with Crippen molar-refractivity contribution in [3.63, 3.8) is 0 Å². The molecule has 2 aliphatic heterocycles. The zero-order valence-electron chi connectivity index (χ0n) is 12.5. The first-order valence-corrected chi connectivity index (χ1v) is 7.86. The van der Waals surface area contributed by atoms with Crippen molar-refractivity contribution in [2.24, 2.45) is 0 Å². The van der Waals surface area contributed by atoms with Crippen molar-refractivity contribution in [1.29, 1.82) is 0 Å². The van der Waals surface area contributed by atoms with Crippen molar-refractivity contribution < 1.29 is 19.4 Å². The highest BCUT2D eigenvalue weighted by atomic mass is 16.5. The van der Waals surface area contributed by atoms with Crippen LogP contribution < -0.4 is 0 Å². The van der Waals surface area contributed by atoms with Crippen molar-refractivity contribution in [2.45, 2.75) is 44.2 Å². The molecule has 118 valence electrons. The number of hydrogen-bond acceptors (Lipinski definition) is 3. The summed E-state index contributed by atoms with van der Waals surface area (Å²) in [5.41, 5.74) is 2.34. The number of benzene rings is 1. The molecule has 2 heterocycles. The zero-order chi connectivity index (χ0) is 15.5. The Morgan fingerprint density at radius 3 is 2.91 bits per heavy atom. The largest absolute Gasteiger partial charge is 0.481 e. The molecule has 3 rings (SSSR count). The lowest BCUT2D eigenvalue weighted by Crippen LogP contribution is -2.38. The Morgan fingerprint density at radius 2 is 2.09 bits per heavy atom. The second kappa shape index (κ2) is 6.48. The van der Waals surface area contributed by atoms with Gasteiger partial charge in [-0.25, -0.2) is 0 Å². The van der Waals surface area contributed by atoms with Gasteiger partial charge >= 0.3 is 5.97 Å². The average Bonchev–Trinajstić information content (AvgIpc) is 2.95. The normalized spacial score (nSPS) is 24.1. The minimum Gasteiger partial charge on any atom is -0.481 e. The summed E-state index contributed by atoms with van der Waals surface area (Å²) in [6.07, 6.45) is 2.67. The summed E-state index contributed by atoms with van der Waals surface area (Å²) >= 11 is 0. The van der Waals surface area contributed by atoms with Gasteiger partial charge in [-0.3, -0.25) is 9.59 Å². The van der Waals surface area contributed by atoms with Gasteiger partial charge in [0.25, 0.3) is 0 Å². The highest BCUT2D eigenvalue weighted by Gasteiger charge is 2.32. The maximum absolute atomic E-state index is 12.6. The van der Waals surface area contributed by atoms with Crippen molar-refractivity contribution in [3.05, 3.63) is 35.4 Å². The summed E-state index contributed by atoms with van der Waals surface area (Å²) in [7, 11) is 0. The van der Waals surface area contributed by atoms with Gasteiger partial charge in [0.05, 0.1) is 25.6 Å². The maximum atomic E-state index is 12.6. The lowest BCUT2D eigenvalue weighted by atomic mass is 9.95. The van der Waals surface area contributed by atoms with Gasteiger partial charge in [-0.05, 0) is 30.4 Å². The summed E-state index contributed by atoms with van der Waals surface area (Å²) in [6, 6.07) is 7.91. The minimum absolute atomic E-state index is 0.00505. The van der Waals surface area contributed by atoms with E-state index in [0.29, 0.717) is 19.6 Å². The number of hydrogen-bond donors (Lipinski definition) is 1. The second-order valence-electron chi connectivity index (χ2n) is 5.99. The monoisotopic (exact) mass is 303 g/mol. The molecule has 1 amide bonds. The molecular weight excluding hydrogens is 282 g/mol. The van der Waals surface area contributed by atoms with Crippen molar-refractivity contribution in [1.82, 2.24) is 4.90 Å². The van der Waals surface area contributed by atoms with Crippen molar-refractivity contribution in [3.8, 4) is 0 Å². The first kappa shape index (κ1) is 15.0. The Balaban J connectivity index is 1.68. The molecule has 2 aliphatic rings. The van der Waals surface area contributed by atoms with Crippen LogP contribution in [-0.4, -0.2) is 41.1 Å². The summed E-state index contributed by atoms with van der Waals surface area (Å²) in [5, 5.41) is 8.96. The quantitative estimate of drug-likeness (QED) is 0.925. The number of ether oxygens (including phenoxy) is 1. The molecule has 1 fully saturated rings. The molecule has 0 radical (unpaired) electrons. The summed E-state index contributed by atoms with van der Waals surface area (Å²) in [4.78, 5) is 25.2. The van der Waals surface area contributed by atoms with Gasteiger partial charge in [-0.15, -0.1) is 0 Å². The molecule has 0 aliphatic carbocycles. The Morgan fingerprint density at radius 1 is 1.27 bits per heavy atom. The fourth-order valence-electron chi connectivity index (χ4n) is 3.50. The predicted molar refractivity (Wildman–Crippen MR) is 80.4 cm³/mol. The van der Waals surface area contributed by atoms with E-state index < -0.39 is 5.97 Å². The highest BCUT2D eigenvalue weighted by Crippen LogP contribution is 2.31. The standard InChI is InChI=1S/C17H21NO4/c19-16(18-8-3-5-13(18)10-17(20)21)11-15-14-6-2-1-4-12(14)7-9-22-15/h1-2,4,6,13,15H,3,5,7-11H2,(H,20,21). The number of amides is 1. The van der Waals surface area contributed by atoms with E-state index >= 15 is 0 Å². The van der Waals surface area contributed by atoms with Gasteiger partial charge in [0.2, 0.25) is 5.91 Å². The average molecular weight is 303 g/mol. The van der Waals surface area contributed by atoms with Gasteiger partial charge in [-0.2, -0.15) is 0 Å². The van der Waals surface area contributed by atoms with Crippen LogP contribution in [0.3, 0.4) is 0 Å². The number of carbonyl (C=O) groups is 2. The maximum Gasteiger partial charge on any atom is 0.305 e. The number of fused-ring (bicyclic) bond motifs is 1. The van der Waals surface area contributed by atoms with E-state index in [9.17, 15) is 9.59 Å². The van der Waals surface area contributed by atoms with Crippen molar-refractivity contribution in [2.75, 3.05) is 13.2 Å². The summed E-state index contributed by atoms with van der Waals surface area (Å²) < 4.78 is 5.79. The van der Waals surface area contributed by atoms with Gasteiger partial charge in [0, 0.05) is 12.6 Å². The number of carboxylic acid groups (broad SMARTS) is 1. The molecule has 2 unspecified atom stereocenters. The molecule has 1 aromatic rings. The first-order chi connectivity index (χ1) is 10.6. The highest BCUT2D eigenvalue weighted by molar-refractivity contribution is 5.78. The van der Waals surface area contributed by atoms with E-state index in [1.54, 1.807) is 4.90 Å². The van der Waals surface area contributed by atoms with Gasteiger partial charge < -0.3 is 14.7 Å².